The monoisotopic (exact) mass is 410 g/mol. The minimum atomic E-state index is -2.04. The average Bonchev–Trinajstić information content (AvgIpc) is 2.64. The molecule has 3 fully saturated rings. The van der Waals surface area contributed by atoms with Crippen LogP contribution in [0.4, 0.5) is 0 Å². The smallest absolute Gasteiger partial charge is 0.338 e. The van der Waals surface area contributed by atoms with Crippen molar-refractivity contribution in [2.45, 2.75) is 70.2 Å². The van der Waals surface area contributed by atoms with Gasteiger partial charge in [-0.1, -0.05) is 26.3 Å². The number of ketones is 1. The molecule has 0 radical (unpaired) electrons. The van der Waals surface area contributed by atoms with Crippen LogP contribution in [0, 0.1) is 28.6 Å². The lowest BCUT2D eigenvalue weighted by Crippen LogP contribution is -2.83. The van der Waals surface area contributed by atoms with Crippen LogP contribution in [0.2, 0.25) is 0 Å². The van der Waals surface area contributed by atoms with Crippen molar-refractivity contribution in [3.8, 4) is 0 Å². The van der Waals surface area contributed by atoms with Crippen LogP contribution in [0.1, 0.15) is 34.1 Å². The van der Waals surface area contributed by atoms with Crippen molar-refractivity contribution < 1.29 is 39.5 Å². The van der Waals surface area contributed by atoms with Crippen LogP contribution in [-0.4, -0.2) is 75.4 Å². The Labute approximate surface area is 169 Å². The average molecular weight is 410 g/mol. The van der Waals surface area contributed by atoms with Crippen LogP contribution in [0.3, 0.4) is 0 Å². The Hall–Kier alpha value is -1.32. The molecule has 4 N–H and O–H groups in total. The highest BCUT2D eigenvalue weighted by Gasteiger charge is 2.79. The molecule has 29 heavy (non-hydrogen) atoms. The Morgan fingerprint density at radius 2 is 1.79 bits per heavy atom. The number of fused-ring (bicyclic) bond motifs is 2. The largest absolute Gasteiger partial charge is 0.460 e. The summed E-state index contributed by atoms with van der Waals surface area (Å²) in [7, 11) is 1.42. The van der Waals surface area contributed by atoms with Crippen molar-refractivity contribution in [2.24, 2.45) is 28.6 Å². The van der Waals surface area contributed by atoms with E-state index in [1.54, 1.807) is 6.92 Å². The van der Waals surface area contributed by atoms with Gasteiger partial charge >= 0.3 is 5.97 Å². The molecule has 162 valence electrons. The van der Waals surface area contributed by atoms with E-state index < -0.39 is 64.8 Å². The Kier molecular flexibility index (Phi) is 4.41. The Bertz CT molecular complexity index is 794. The number of hydrogen-bond acceptors (Lipinski definition) is 8. The number of rotatable bonds is 1. The van der Waals surface area contributed by atoms with E-state index in [-0.39, 0.29) is 11.7 Å². The molecule has 0 aromatic carbocycles. The van der Waals surface area contributed by atoms with Gasteiger partial charge in [-0.2, -0.15) is 0 Å². The maximum Gasteiger partial charge on any atom is 0.338 e. The lowest BCUT2D eigenvalue weighted by Gasteiger charge is -2.72. The lowest BCUT2D eigenvalue weighted by molar-refractivity contribution is -0.357. The topological polar surface area (TPSA) is 134 Å². The van der Waals surface area contributed by atoms with Crippen LogP contribution < -0.4 is 0 Å². The number of carbonyl (C=O) groups excluding carboxylic acids is 2. The summed E-state index contributed by atoms with van der Waals surface area (Å²) in [6, 6.07) is 0. The van der Waals surface area contributed by atoms with Crippen LogP contribution in [0.25, 0.3) is 0 Å². The molecular weight excluding hydrogens is 380 g/mol. The van der Waals surface area contributed by atoms with Gasteiger partial charge in [-0.3, -0.25) is 4.79 Å². The molecule has 0 unspecified atom stereocenters. The molecule has 11 atom stereocenters. The van der Waals surface area contributed by atoms with E-state index in [0.717, 1.165) is 5.57 Å². The molecule has 1 saturated heterocycles. The first-order valence-corrected chi connectivity index (χ1v) is 10.1. The first-order valence-electron chi connectivity index (χ1n) is 10.1. The highest BCUT2D eigenvalue weighted by molar-refractivity contribution is 5.96. The molecule has 4 rings (SSSR count). The van der Waals surface area contributed by atoms with E-state index in [2.05, 4.69) is 0 Å². The van der Waals surface area contributed by atoms with E-state index in [9.17, 15) is 30.0 Å². The third-order valence-corrected chi connectivity index (χ3v) is 8.82. The zero-order valence-electron chi connectivity index (χ0n) is 17.3. The predicted molar refractivity (Wildman–Crippen MR) is 99.4 cm³/mol. The van der Waals surface area contributed by atoms with E-state index >= 15 is 0 Å². The number of esters is 1. The normalized spacial score (nSPS) is 56.8. The molecule has 1 aliphatic heterocycles. The van der Waals surface area contributed by atoms with E-state index in [1.165, 1.54) is 20.1 Å². The number of carbonyl (C=O) groups is 2. The van der Waals surface area contributed by atoms with E-state index in [1.807, 2.05) is 13.8 Å². The summed E-state index contributed by atoms with van der Waals surface area (Å²) in [5.41, 5.74) is -3.56. The number of methoxy groups -OCH3 is 1. The van der Waals surface area contributed by atoms with Crippen molar-refractivity contribution in [3.63, 3.8) is 0 Å². The summed E-state index contributed by atoms with van der Waals surface area (Å²) < 4.78 is 11.2. The van der Waals surface area contributed by atoms with Gasteiger partial charge in [0.2, 0.25) is 0 Å². The Morgan fingerprint density at radius 1 is 1.17 bits per heavy atom. The standard InChI is InChI=1S/C21H30O8/c1-8-6-11(22)17(28-5)19(3)10(8)7-12-20(4)15(19)14(24)13(23)9(2)21(20,27)16(25)18(26)29-12/h6,9-10,12-17,23-25,27H,7H2,1-5H3/t9-,10-,12+,13+,14-,15+,16-,17+,19-,20+,21-/m0/s1. The molecule has 3 aliphatic carbocycles. The Morgan fingerprint density at radius 3 is 2.38 bits per heavy atom. The van der Waals surface area contributed by atoms with Crippen LogP contribution >= 0.6 is 0 Å². The second kappa shape index (κ2) is 6.11. The molecule has 2 saturated carbocycles. The highest BCUT2D eigenvalue weighted by Crippen LogP contribution is 2.69. The SMILES string of the molecule is CO[C@@H]1C(=O)C=C(C)[C@@H]2C[C@H]3OC(=O)[C@H](O)[C@@]4(O)[C@@H](C)[C@@H](O)[C@H](O)[C@H]([C@@]12C)[C@@]34C. The summed E-state index contributed by atoms with van der Waals surface area (Å²) in [4.78, 5) is 25.3. The minimum Gasteiger partial charge on any atom is -0.460 e. The molecular formula is C21H30O8. The number of ether oxygens (including phenoxy) is 2. The molecule has 8 nitrogen and oxygen atoms in total. The van der Waals surface area contributed by atoms with Crippen molar-refractivity contribution in [2.75, 3.05) is 7.11 Å². The molecule has 0 spiro atoms. The number of aliphatic hydroxyl groups excluding tert-OH is 3. The lowest BCUT2D eigenvalue weighted by atomic mass is 9.36. The molecule has 0 aromatic heterocycles. The van der Waals surface area contributed by atoms with Crippen LogP contribution in [-0.2, 0) is 19.1 Å². The van der Waals surface area contributed by atoms with Gasteiger partial charge in [0.1, 0.15) is 17.8 Å². The second-order valence-electron chi connectivity index (χ2n) is 9.74. The van der Waals surface area contributed by atoms with Gasteiger partial charge in [0.25, 0.3) is 0 Å². The summed E-state index contributed by atoms with van der Waals surface area (Å²) in [6.07, 6.45) is -4.48. The second-order valence-corrected chi connectivity index (χ2v) is 9.74. The van der Waals surface area contributed by atoms with E-state index in [4.69, 9.17) is 9.47 Å². The van der Waals surface area contributed by atoms with Crippen molar-refractivity contribution in [1.82, 2.24) is 0 Å². The van der Waals surface area contributed by atoms with Crippen molar-refractivity contribution >= 4 is 11.8 Å². The van der Waals surface area contributed by atoms with Crippen molar-refractivity contribution in [3.05, 3.63) is 11.6 Å². The van der Waals surface area contributed by atoms with E-state index in [0.29, 0.717) is 6.42 Å². The van der Waals surface area contributed by atoms with Crippen LogP contribution in [0.5, 0.6) is 0 Å². The van der Waals surface area contributed by atoms with Gasteiger partial charge in [-0.15, -0.1) is 0 Å². The first kappa shape index (κ1) is 20.9. The molecule has 1 heterocycles. The third-order valence-electron chi connectivity index (χ3n) is 8.82. The molecule has 0 bridgehead atoms. The molecule has 4 aliphatic rings. The summed E-state index contributed by atoms with van der Waals surface area (Å²) in [6.45, 7) is 6.82. The fourth-order valence-corrected chi connectivity index (χ4v) is 7.45. The van der Waals surface area contributed by atoms with Gasteiger partial charge in [0, 0.05) is 29.8 Å². The summed E-state index contributed by atoms with van der Waals surface area (Å²) in [5.74, 6) is -3.35. The Balaban J connectivity index is 2.02. The maximum absolute atomic E-state index is 12.8. The zero-order valence-corrected chi connectivity index (χ0v) is 17.3. The van der Waals surface area contributed by atoms with Crippen molar-refractivity contribution in [1.29, 1.82) is 0 Å². The predicted octanol–water partition coefficient (Wildman–Crippen LogP) is -0.432. The quantitative estimate of drug-likeness (QED) is 0.428. The number of allylic oxidation sites excluding steroid dienone is 1. The fourth-order valence-electron chi connectivity index (χ4n) is 7.45. The zero-order chi connectivity index (χ0) is 21.7. The maximum atomic E-state index is 12.8. The fraction of sp³-hybridized carbons (Fsp3) is 0.810. The first-order chi connectivity index (χ1) is 13.4. The van der Waals surface area contributed by atoms with Gasteiger partial charge in [-0.25, -0.2) is 4.79 Å². The summed E-state index contributed by atoms with van der Waals surface area (Å²) >= 11 is 0. The molecule has 0 amide bonds. The molecule has 0 aromatic rings. The van der Waals surface area contributed by atoms with Crippen LogP contribution in [0.15, 0.2) is 11.6 Å². The minimum absolute atomic E-state index is 0.247. The highest BCUT2D eigenvalue weighted by atomic mass is 16.6. The number of hydrogen-bond donors (Lipinski definition) is 4. The summed E-state index contributed by atoms with van der Waals surface area (Å²) in [5, 5.41) is 44.6. The van der Waals surface area contributed by atoms with Gasteiger partial charge in [0.05, 0.1) is 12.2 Å². The molecule has 8 heteroatoms. The van der Waals surface area contributed by atoms with Gasteiger partial charge in [-0.05, 0) is 25.3 Å². The number of aliphatic hydroxyl groups is 4. The van der Waals surface area contributed by atoms with Gasteiger partial charge < -0.3 is 29.9 Å². The van der Waals surface area contributed by atoms with Gasteiger partial charge in [0.15, 0.2) is 11.9 Å². The third kappa shape index (κ3) is 2.11.